The van der Waals surface area contributed by atoms with Gasteiger partial charge in [-0.05, 0) is 64.4 Å². The predicted octanol–water partition coefficient (Wildman–Crippen LogP) is 6.02. The topological polar surface area (TPSA) is 31.4 Å². The van der Waals surface area contributed by atoms with Gasteiger partial charge in [0.05, 0.1) is 0 Å². The fourth-order valence-electron chi connectivity index (χ4n) is 1.57. The molecule has 0 aliphatic rings. The first-order chi connectivity index (χ1) is 10.2. The zero-order valence-corrected chi connectivity index (χ0v) is 16.3. The molecule has 0 unspecified atom stereocenters. The number of aromatic nitrogens is 1. The number of hydrogen-bond donors (Lipinski definition) is 0. The van der Waals surface area contributed by atoms with Crippen LogP contribution in [0.4, 0.5) is 0 Å². The number of halogens is 1. The Balaban J connectivity index is 2.06. The molecule has 0 saturated carbocycles. The maximum Gasteiger partial charge on any atom is 0.250 e. The molecule has 1 aromatic heterocycles. The van der Waals surface area contributed by atoms with Crippen molar-refractivity contribution >= 4 is 24.2 Å². The van der Waals surface area contributed by atoms with Gasteiger partial charge >= 0.3 is 0 Å². The van der Waals surface area contributed by atoms with Gasteiger partial charge in [0.15, 0.2) is 0 Å². The van der Waals surface area contributed by atoms with Gasteiger partial charge in [-0.25, -0.2) is 4.98 Å². The SMILES string of the molecule is CC(C)(C)[Si](C)(C)Oc1ccc(Oc2ccc(Br)cn2)cc1. The average Bonchev–Trinajstić information content (AvgIpc) is 2.42. The molecule has 0 radical (unpaired) electrons. The molecule has 2 aromatic rings. The monoisotopic (exact) mass is 379 g/mol. The third-order valence-electron chi connectivity index (χ3n) is 3.93. The fourth-order valence-corrected chi connectivity index (χ4v) is 2.83. The summed E-state index contributed by atoms with van der Waals surface area (Å²) in [5.41, 5.74) is 0. The second kappa shape index (κ2) is 6.42. The summed E-state index contributed by atoms with van der Waals surface area (Å²) in [4.78, 5) is 4.19. The van der Waals surface area contributed by atoms with Gasteiger partial charge in [-0.15, -0.1) is 0 Å². The summed E-state index contributed by atoms with van der Waals surface area (Å²) >= 11 is 3.35. The lowest BCUT2D eigenvalue weighted by atomic mass is 10.2. The van der Waals surface area contributed by atoms with Crippen LogP contribution in [0, 0.1) is 0 Å². The molecule has 0 atom stereocenters. The third-order valence-corrected chi connectivity index (χ3v) is 8.75. The number of hydrogen-bond acceptors (Lipinski definition) is 3. The summed E-state index contributed by atoms with van der Waals surface area (Å²) in [6, 6.07) is 11.4. The molecule has 0 saturated heterocycles. The van der Waals surface area contributed by atoms with Crippen molar-refractivity contribution in [1.82, 2.24) is 4.98 Å². The highest BCUT2D eigenvalue weighted by atomic mass is 79.9. The number of pyridine rings is 1. The molecule has 0 spiro atoms. The molecule has 1 aromatic carbocycles. The van der Waals surface area contributed by atoms with Crippen LogP contribution in [0.25, 0.3) is 0 Å². The molecule has 2 rings (SSSR count). The van der Waals surface area contributed by atoms with Crippen LogP contribution in [0.5, 0.6) is 17.4 Å². The van der Waals surface area contributed by atoms with Crippen LogP contribution in [0.3, 0.4) is 0 Å². The summed E-state index contributed by atoms with van der Waals surface area (Å²) in [5, 5.41) is 0.184. The van der Waals surface area contributed by atoms with E-state index in [2.05, 4.69) is 54.8 Å². The average molecular weight is 380 g/mol. The van der Waals surface area contributed by atoms with E-state index < -0.39 is 8.32 Å². The Labute approximate surface area is 141 Å². The Morgan fingerprint density at radius 3 is 2.05 bits per heavy atom. The third kappa shape index (κ3) is 4.33. The lowest BCUT2D eigenvalue weighted by molar-refractivity contribution is 0.459. The van der Waals surface area contributed by atoms with Crippen molar-refractivity contribution in [3.8, 4) is 17.4 Å². The minimum atomic E-state index is -1.80. The minimum Gasteiger partial charge on any atom is -0.543 e. The Morgan fingerprint density at radius 2 is 1.55 bits per heavy atom. The Bertz CT molecular complexity index is 619. The van der Waals surface area contributed by atoms with Gasteiger partial charge < -0.3 is 9.16 Å². The van der Waals surface area contributed by atoms with Crippen molar-refractivity contribution in [3.05, 3.63) is 47.1 Å². The van der Waals surface area contributed by atoms with E-state index in [1.165, 1.54) is 0 Å². The minimum absolute atomic E-state index is 0.184. The molecule has 1 heterocycles. The number of benzene rings is 1. The first-order valence-electron chi connectivity index (χ1n) is 7.26. The van der Waals surface area contributed by atoms with Gasteiger partial charge in [0, 0.05) is 16.7 Å². The molecular formula is C17H22BrNO2Si. The first kappa shape index (κ1) is 17.0. The lowest BCUT2D eigenvalue weighted by Crippen LogP contribution is -2.43. The zero-order chi connectivity index (χ0) is 16.4. The van der Waals surface area contributed by atoms with E-state index in [9.17, 15) is 0 Å². The van der Waals surface area contributed by atoms with Crippen LogP contribution < -0.4 is 9.16 Å². The summed E-state index contributed by atoms with van der Waals surface area (Å²) < 4.78 is 12.9. The number of rotatable bonds is 4. The summed E-state index contributed by atoms with van der Waals surface area (Å²) in [7, 11) is -1.80. The van der Waals surface area contributed by atoms with Crippen LogP contribution in [-0.2, 0) is 0 Å². The summed E-state index contributed by atoms with van der Waals surface area (Å²) in [5.74, 6) is 2.21. The smallest absolute Gasteiger partial charge is 0.250 e. The molecule has 0 N–H and O–H groups in total. The van der Waals surface area contributed by atoms with Crippen molar-refractivity contribution in [1.29, 1.82) is 0 Å². The van der Waals surface area contributed by atoms with E-state index >= 15 is 0 Å². The Hall–Kier alpha value is -1.33. The van der Waals surface area contributed by atoms with Crippen LogP contribution in [0.15, 0.2) is 47.1 Å². The van der Waals surface area contributed by atoms with Crippen LogP contribution in [-0.4, -0.2) is 13.3 Å². The van der Waals surface area contributed by atoms with E-state index in [0.29, 0.717) is 5.88 Å². The fraction of sp³-hybridized carbons (Fsp3) is 0.353. The van der Waals surface area contributed by atoms with Crippen LogP contribution in [0.2, 0.25) is 18.1 Å². The molecule has 0 bridgehead atoms. The van der Waals surface area contributed by atoms with E-state index in [4.69, 9.17) is 9.16 Å². The summed E-state index contributed by atoms with van der Waals surface area (Å²) in [6.07, 6.45) is 1.71. The second-order valence-corrected chi connectivity index (χ2v) is 12.4. The highest BCUT2D eigenvalue weighted by molar-refractivity contribution is 9.10. The van der Waals surface area contributed by atoms with Gasteiger partial charge in [-0.1, -0.05) is 20.8 Å². The van der Waals surface area contributed by atoms with Crippen molar-refractivity contribution in [2.24, 2.45) is 0 Å². The van der Waals surface area contributed by atoms with Crippen molar-refractivity contribution in [2.45, 2.75) is 38.9 Å². The normalized spacial score (nSPS) is 12.1. The van der Waals surface area contributed by atoms with Gasteiger partial charge in [0.25, 0.3) is 0 Å². The molecular weight excluding hydrogens is 358 g/mol. The van der Waals surface area contributed by atoms with Gasteiger partial charge in [-0.2, -0.15) is 0 Å². The molecule has 0 aliphatic heterocycles. The van der Waals surface area contributed by atoms with Crippen LogP contribution in [0.1, 0.15) is 20.8 Å². The highest BCUT2D eigenvalue weighted by Gasteiger charge is 2.38. The largest absolute Gasteiger partial charge is 0.543 e. The number of nitrogens with zero attached hydrogens (tertiary/aromatic N) is 1. The van der Waals surface area contributed by atoms with Gasteiger partial charge in [0.1, 0.15) is 11.5 Å². The molecule has 22 heavy (non-hydrogen) atoms. The zero-order valence-electron chi connectivity index (χ0n) is 13.7. The van der Waals surface area contributed by atoms with Gasteiger partial charge in [-0.3, -0.25) is 0 Å². The van der Waals surface area contributed by atoms with E-state index in [0.717, 1.165) is 16.0 Å². The summed E-state index contributed by atoms with van der Waals surface area (Å²) in [6.45, 7) is 11.2. The molecule has 118 valence electrons. The Morgan fingerprint density at radius 1 is 0.955 bits per heavy atom. The molecule has 0 amide bonds. The quantitative estimate of drug-likeness (QED) is 0.608. The van der Waals surface area contributed by atoms with E-state index in [-0.39, 0.29) is 5.04 Å². The number of ether oxygens (including phenoxy) is 1. The lowest BCUT2D eigenvalue weighted by Gasteiger charge is -2.36. The molecule has 0 aliphatic carbocycles. The standard InChI is InChI=1S/C17H22BrNO2Si/c1-17(2,3)22(4,5)21-15-9-7-14(8-10-15)20-16-11-6-13(18)12-19-16/h6-12H,1-5H3. The van der Waals surface area contributed by atoms with Gasteiger partial charge in [0.2, 0.25) is 14.2 Å². The molecule has 5 heteroatoms. The molecule has 0 fully saturated rings. The predicted molar refractivity (Wildman–Crippen MR) is 96.3 cm³/mol. The second-order valence-electron chi connectivity index (χ2n) is 6.75. The van der Waals surface area contributed by atoms with E-state index in [1.807, 2.05) is 36.4 Å². The van der Waals surface area contributed by atoms with Crippen molar-refractivity contribution in [3.63, 3.8) is 0 Å². The maximum absolute atomic E-state index is 6.25. The first-order valence-corrected chi connectivity index (χ1v) is 11.0. The van der Waals surface area contributed by atoms with E-state index in [1.54, 1.807) is 6.20 Å². The molecule has 3 nitrogen and oxygen atoms in total. The maximum atomic E-state index is 6.25. The Kier molecular flexibility index (Phi) is 4.97. The van der Waals surface area contributed by atoms with Crippen molar-refractivity contribution < 1.29 is 9.16 Å². The van der Waals surface area contributed by atoms with Crippen molar-refractivity contribution in [2.75, 3.05) is 0 Å². The van der Waals surface area contributed by atoms with Crippen LogP contribution >= 0.6 is 15.9 Å². The highest BCUT2D eigenvalue weighted by Crippen LogP contribution is 2.37.